The van der Waals surface area contributed by atoms with E-state index in [2.05, 4.69) is 17.1 Å². The normalized spacial score (nSPS) is 28.8. The summed E-state index contributed by atoms with van der Waals surface area (Å²) in [7, 11) is 0. The summed E-state index contributed by atoms with van der Waals surface area (Å²) in [6.07, 6.45) is 5.79. The average molecular weight is 341 g/mol. The first-order chi connectivity index (χ1) is 12.2. The van der Waals surface area contributed by atoms with Crippen LogP contribution in [0, 0.1) is 0 Å². The van der Waals surface area contributed by atoms with Crippen molar-refractivity contribution in [2.24, 2.45) is 0 Å². The fourth-order valence-electron chi connectivity index (χ4n) is 3.94. The minimum atomic E-state index is -0.626. The van der Waals surface area contributed by atoms with Crippen LogP contribution in [0.2, 0.25) is 0 Å². The number of aliphatic hydroxyl groups is 1. The largest absolute Gasteiger partial charge is 0.388 e. The summed E-state index contributed by atoms with van der Waals surface area (Å²) in [5, 5.41) is 10.6. The molecular formula is C19H23N3O3. The Morgan fingerprint density at radius 3 is 2.96 bits per heavy atom. The lowest BCUT2D eigenvalue weighted by Gasteiger charge is -2.26. The van der Waals surface area contributed by atoms with E-state index in [9.17, 15) is 9.90 Å². The molecule has 0 saturated carbocycles. The van der Waals surface area contributed by atoms with Gasteiger partial charge in [0, 0.05) is 37.8 Å². The number of benzene rings is 1. The number of aromatic nitrogens is 2. The van der Waals surface area contributed by atoms with Gasteiger partial charge in [-0.2, -0.15) is 0 Å². The first-order valence-corrected chi connectivity index (χ1v) is 8.77. The molecule has 1 N–H and O–H groups in total. The Hall–Kier alpha value is -2.18. The Morgan fingerprint density at radius 2 is 2.20 bits per heavy atom. The van der Waals surface area contributed by atoms with Gasteiger partial charge in [0.15, 0.2) is 0 Å². The summed E-state index contributed by atoms with van der Waals surface area (Å²) in [5.41, 5.74) is 0.613. The number of carbonyl (C=O) groups is 1. The van der Waals surface area contributed by atoms with Crippen LogP contribution in [-0.4, -0.2) is 56.9 Å². The zero-order chi connectivity index (χ0) is 17.3. The molecule has 4 rings (SSSR count). The zero-order valence-corrected chi connectivity index (χ0v) is 14.1. The molecule has 2 fully saturated rings. The van der Waals surface area contributed by atoms with Crippen molar-refractivity contribution in [2.45, 2.75) is 37.0 Å². The number of likely N-dealkylation sites (tertiary alicyclic amines) is 1. The average Bonchev–Trinajstić information content (AvgIpc) is 3.36. The predicted molar refractivity (Wildman–Crippen MR) is 91.9 cm³/mol. The van der Waals surface area contributed by atoms with Gasteiger partial charge in [-0.1, -0.05) is 30.3 Å². The van der Waals surface area contributed by atoms with E-state index in [1.807, 2.05) is 29.0 Å². The van der Waals surface area contributed by atoms with E-state index in [1.54, 1.807) is 17.4 Å². The highest BCUT2D eigenvalue weighted by Crippen LogP contribution is 2.42. The van der Waals surface area contributed by atoms with E-state index in [4.69, 9.17) is 4.74 Å². The summed E-state index contributed by atoms with van der Waals surface area (Å²) in [6.45, 7) is 2.02. The maximum atomic E-state index is 12.5. The van der Waals surface area contributed by atoms with Gasteiger partial charge in [-0.05, 0) is 12.0 Å². The molecule has 3 heterocycles. The Labute approximate surface area is 147 Å². The van der Waals surface area contributed by atoms with Crippen molar-refractivity contribution in [3.05, 3.63) is 54.6 Å². The molecule has 3 atom stereocenters. The van der Waals surface area contributed by atoms with Crippen molar-refractivity contribution >= 4 is 5.91 Å². The van der Waals surface area contributed by atoms with Crippen LogP contribution >= 0.6 is 0 Å². The number of hydrogen-bond donors (Lipinski definition) is 1. The first kappa shape index (κ1) is 16.3. The third-order valence-electron chi connectivity index (χ3n) is 5.39. The number of carbonyl (C=O) groups excluding carboxylic acids is 1. The van der Waals surface area contributed by atoms with Crippen molar-refractivity contribution in [3.8, 4) is 0 Å². The van der Waals surface area contributed by atoms with Crippen LogP contribution in [0.5, 0.6) is 0 Å². The number of hydrogen-bond acceptors (Lipinski definition) is 4. The second-order valence-corrected chi connectivity index (χ2v) is 7.03. The number of aliphatic hydroxyl groups excluding tert-OH is 1. The number of β-amino-alcohol motifs (C(OH)–C–C–N with tert-alkyl or cyclic N) is 1. The Bertz CT molecular complexity index is 719. The highest BCUT2D eigenvalue weighted by atomic mass is 16.5. The van der Waals surface area contributed by atoms with E-state index in [0.717, 1.165) is 6.42 Å². The highest BCUT2D eigenvalue weighted by Gasteiger charge is 2.53. The molecule has 2 aliphatic rings. The van der Waals surface area contributed by atoms with Gasteiger partial charge in [-0.25, -0.2) is 4.98 Å². The van der Waals surface area contributed by atoms with Gasteiger partial charge in [0.1, 0.15) is 11.7 Å². The molecule has 6 heteroatoms. The molecule has 2 aromatic rings. The number of nitrogens with zero attached hydrogens (tertiary/aromatic N) is 3. The van der Waals surface area contributed by atoms with Gasteiger partial charge in [-0.3, -0.25) is 4.79 Å². The highest BCUT2D eigenvalue weighted by molar-refractivity contribution is 5.76. The van der Waals surface area contributed by atoms with E-state index >= 15 is 0 Å². The van der Waals surface area contributed by atoms with Gasteiger partial charge < -0.3 is 19.3 Å². The molecule has 1 aromatic carbocycles. The van der Waals surface area contributed by atoms with Crippen molar-refractivity contribution in [1.29, 1.82) is 0 Å². The molecule has 2 aliphatic heterocycles. The summed E-state index contributed by atoms with van der Waals surface area (Å²) in [6, 6.07) is 10.2. The molecule has 0 unspecified atom stereocenters. The minimum absolute atomic E-state index is 0.0522. The number of amides is 1. The molecule has 1 amide bonds. The Morgan fingerprint density at radius 1 is 1.36 bits per heavy atom. The van der Waals surface area contributed by atoms with Crippen molar-refractivity contribution in [2.75, 3.05) is 19.7 Å². The summed E-state index contributed by atoms with van der Waals surface area (Å²) < 4.78 is 7.94. The summed E-state index contributed by atoms with van der Waals surface area (Å²) in [4.78, 5) is 18.2. The fraction of sp³-hybridized carbons (Fsp3) is 0.474. The number of imidazole rings is 1. The molecule has 6 nitrogen and oxygen atoms in total. The quantitative estimate of drug-likeness (QED) is 0.913. The molecule has 2 saturated heterocycles. The van der Waals surface area contributed by atoms with Gasteiger partial charge in [0.2, 0.25) is 5.91 Å². The third-order valence-corrected chi connectivity index (χ3v) is 5.39. The van der Waals surface area contributed by atoms with E-state index in [-0.39, 0.29) is 11.8 Å². The number of aryl methyl sites for hydroxylation is 1. The SMILES string of the molecule is O=C(CCn1ccnc1)N1C[C@@H](O)[C@@]2(C[C@H](c3ccccc3)CO2)C1. The number of rotatable bonds is 4. The molecule has 25 heavy (non-hydrogen) atoms. The molecule has 0 aliphatic carbocycles. The lowest BCUT2D eigenvalue weighted by atomic mass is 9.87. The lowest BCUT2D eigenvalue weighted by Crippen LogP contribution is -2.41. The molecule has 1 aromatic heterocycles. The maximum Gasteiger partial charge on any atom is 0.224 e. The monoisotopic (exact) mass is 341 g/mol. The second kappa shape index (κ2) is 6.61. The van der Waals surface area contributed by atoms with Crippen molar-refractivity contribution in [3.63, 3.8) is 0 Å². The van der Waals surface area contributed by atoms with Crippen LogP contribution in [0.1, 0.15) is 24.3 Å². The lowest BCUT2D eigenvalue weighted by molar-refractivity contribution is -0.131. The van der Waals surface area contributed by atoms with Crippen molar-refractivity contribution in [1.82, 2.24) is 14.5 Å². The zero-order valence-electron chi connectivity index (χ0n) is 14.1. The standard InChI is InChI=1S/C19H23N3O3/c23-17-11-22(18(24)6-8-21-9-7-20-14-21)13-19(17)10-16(12-25-19)15-4-2-1-3-5-15/h1-5,7,9,14,16-17,23H,6,8,10-13H2/t16-,17+,19+/m0/s1. The van der Waals surface area contributed by atoms with Crippen LogP contribution in [0.15, 0.2) is 49.1 Å². The van der Waals surface area contributed by atoms with Gasteiger partial charge in [0.25, 0.3) is 0 Å². The number of ether oxygens (including phenoxy) is 1. The van der Waals surface area contributed by atoms with Gasteiger partial charge in [0.05, 0.1) is 19.5 Å². The minimum Gasteiger partial charge on any atom is -0.388 e. The van der Waals surface area contributed by atoms with E-state index in [1.165, 1.54) is 5.56 Å². The van der Waals surface area contributed by atoms with Gasteiger partial charge in [-0.15, -0.1) is 0 Å². The molecule has 132 valence electrons. The predicted octanol–water partition coefficient (Wildman–Crippen LogP) is 1.42. The Kier molecular flexibility index (Phi) is 4.31. The maximum absolute atomic E-state index is 12.5. The topological polar surface area (TPSA) is 67.6 Å². The molecule has 1 spiro atoms. The van der Waals surface area contributed by atoms with E-state index in [0.29, 0.717) is 32.7 Å². The van der Waals surface area contributed by atoms with Crippen LogP contribution in [0.25, 0.3) is 0 Å². The van der Waals surface area contributed by atoms with Crippen molar-refractivity contribution < 1.29 is 14.6 Å². The molecule has 0 bridgehead atoms. The summed E-state index contributed by atoms with van der Waals surface area (Å²) >= 11 is 0. The molecule has 0 radical (unpaired) electrons. The second-order valence-electron chi connectivity index (χ2n) is 7.03. The van der Waals surface area contributed by atoms with Crippen LogP contribution in [-0.2, 0) is 16.1 Å². The smallest absolute Gasteiger partial charge is 0.224 e. The van der Waals surface area contributed by atoms with Crippen LogP contribution in [0.3, 0.4) is 0 Å². The fourth-order valence-corrected chi connectivity index (χ4v) is 3.94. The first-order valence-electron chi connectivity index (χ1n) is 8.77. The van der Waals surface area contributed by atoms with Crippen LogP contribution in [0.4, 0.5) is 0 Å². The summed E-state index contributed by atoms with van der Waals surface area (Å²) in [5.74, 6) is 0.327. The third kappa shape index (κ3) is 3.19. The molecular weight excluding hydrogens is 318 g/mol. The Balaban J connectivity index is 1.38. The van der Waals surface area contributed by atoms with Gasteiger partial charge >= 0.3 is 0 Å². The van der Waals surface area contributed by atoms with E-state index < -0.39 is 11.7 Å². The van der Waals surface area contributed by atoms with Crippen LogP contribution < -0.4 is 0 Å².